The molecule has 0 saturated heterocycles. The van der Waals surface area contributed by atoms with Crippen LogP contribution < -0.4 is 11.1 Å². The van der Waals surface area contributed by atoms with E-state index < -0.39 is 45.8 Å². The van der Waals surface area contributed by atoms with Gasteiger partial charge in [0.15, 0.2) is 6.61 Å². The van der Waals surface area contributed by atoms with Gasteiger partial charge in [-0.25, -0.2) is 17.6 Å². The number of hydrogen-bond donors (Lipinski definition) is 2. The largest absolute Gasteiger partial charge is 0.452 e. The third-order valence-corrected chi connectivity index (χ3v) is 6.89. The SMILES string of the molecule is CCN(CC)S(=O)(=O)c1ccc(F)c(C(=O)OCC(=O)Nc2sccc2C(N)=O)c1. The quantitative estimate of drug-likeness (QED) is 0.551. The van der Waals surface area contributed by atoms with Crippen molar-refractivity contribution in [2.75, 3.05) is 25.0 Å². The van der Waals surface area contributed by atoms with E-state index in [1.54, 1.807) is 19.2 Å². The Hall–Kier alpha value is -2.83. The van der Waals surface area contributed by atoms with Crippen LogP contribution in [0, 0.1) is 5.82 Å². The number of primary amides is 1. The van der Waals surface area contributed by atoms with Crippen LogP contribution in [0.15, 0.2) is 34.5 Å². The van der Waals surface area contributed by atoms with Gasteiger partial charge in [-0.2, -0.15) is 4.31 Å². The highest BCUT2D eigenvalue weighted by molar-refractivity contribution is 7.89. The zero-order valence-electron chi connectivity index (χ0n) is 16.2. The molecule has 0 fully saturated rings. The number of hydrogen-bond acceptors (Lipinski definition) is 7. The van der Waals surface area contributed by atoms with Crippen LogP contribution in [0.1, 0.15) is 34.6 Å². The number of carbonyl (C=O) groups excluding carboxylic acids is 3. The van der Waals surface area contributed by atoms with Gasteiger partial charge in [-0.3, -0.25) is 9.59 Å². The number of sulfonamides is 1. The fourth-order valence-electron chi connectivity index (χ4n) is 2.51. The molecule has 2 rings (SSSR count). The lowest BCUT2D eigenvalue weighted by Gasteiger charge is -2.18. The van der Waals surface area contributed by atoms with Crippen molar-refractivity contribution in [3.63, 3.8) is 0 Å². The summed E-state index contributed by atoms with van der Waals surface area (Å²) in [5.41, 5.74) is 4.65. The van der Waals surface area contributed by atoms with Crippen molar-refractivity contribution in [2.45, 2.75) is 18.7 Å². The molecule has 2 aromatic rings. The van der Waals surface area contributed by atoms with Crippen LogP contribution >= 0.6 is 11.3 Å². The third kappa shape index (κ3) is 5.20. The van der Waals surface area contributed by atoms with E-state index in [1.165, 1.54) is 6.07 Å². The van der Waals surface area contributed by atoms with Crippen LogP contribution in [-0.2, 0) is 19.6 Å². The first kappa shape index (κ1) is 23.4. The van der Waals surface area contributed by atoms with Crippen LogP contribution in [0.4, 0.5) is 9.39 Å². The molecule has 162 valence electrons. The van der Waals surface area contributed by atoms with Crippen molar-refractivity contribution in [1.82, 2.24) is 4.31 Å². The second-order valence-electron chi connectivity index (χ2n) is 5.88. The molecule has 3 N–H and O–H groups in total. The molecule has 1 aromatic carbocycles. The van der Waals surface area contributed by atoms with E-state index in [0.29, 0.717) is 0 Å². The molecule has 0 aliphatic carbocycles. The molecular weight excluding hydrogens is 437 g/mol. The summed E-state index contributed by atoms with van der Waals surface area (Å²) in [6.45, 7) is 2.92. The van der Waals surface area contributed by atoms with E-state index in [2.05, 4.69) is 5.32 Å². The average molecular weight is 458 g/mol. The summed E-state index contributed by atoms with van der Waals surface area (Å²) in [6.07, 6.45) is 0. The summed E-state index contributed by atoms with van der Waals surface area (Å²) in [4.78, 5) is 35.2. The van der Waals surface area contributed by atoms with Gasteiger partial charge in [0.1, 0.15) is 10.8 Å². The predicted octanol–water partition coefficient (Wildman–Crippen LogP) is 1.81. The van der Waals surface area contributed by atoms with E-state index in [9.17, 15) is 27.2 Å². The maximum absolute atomic E-state index is 14.1. The van der Waals surface area contributed by atoms with Crippen molar-refractivity contribution in [1.29, 1.82) is 0 Å². The van der Waals surface area contributed by atoms with Crippen molar-refractivity contribution in [3.8, 4) is 0 Å². The molecule has 0 atom stereocenters. The number of carbonyl (C=O) groups is 3. The molecule has 12 heteroatoms. The van der Waals surface area contributed by atoms with Gasteiger partial charge in [0.25, 0.3) is 11.8 Å². The highest BCUT2D eigenvalue weighted by Crippen LogP contribution is 2.23. The summed E-state index contributed by atoms with van der Waals surface area (Å²) in [5, 5.41) is 4.09. The number of benzene rings is 1. The van der Waals surface area contributed by atoms with E-state index in [0.717, 1.165) is 33.8 Å². The molecule has 1 heterocycles. The Morgan fingerprint density at radius 3 is 2.43 bits per heavy atom. The number of amides is 2. The minimum atomic E-state index is -3.92. The smallest absolute Gasteiger partial charge is 0.341 e. The van der Waals surface area contributed by atoms with Gasteiger partial charge in [0, 0.05) is 13.1 Å². The van der Waals surface area contributed by atoms with Crippen molar-refractivity contribution in [2.24, 2.45) is 5.73 Å². The average Bonchev–Trinajstić information content (AvgIpc) is 3.15. The van der Waals surface area contributed by atoms with E-state index >= 15 is 0 Å². The maximum Gasteiger partial charge on any atom is 0.341 e. The number of halogens is 1. The van der Waals surface area contributed by atoms with Crippen LogP contribution in [0.5, 0.6) is 0 Å². The van der Waals surface area contributed by atoms with Gasteiger partial charge < -0.3 is 15.8 Å². The van der Waals surface area contributed by atoms with Crippen LogP contribution in [0.3, 0.4) is 0 Å². The number of esters is 1. The Labute approximate surface area is 176 Å². The number of anilines is 1. The first-order valence-electron chi connectivity index (χ1n) is 8.75. The van der Waals surface area contributed by atoms with Crippen LogP contribution in [0.2, 0.25) is 0 Å². The number of rotatable bonds is 9. The zero-order valence-corrected chi connectivity index (χ0v) is 17.8. The maximum atomic E-state index is 14.1. The number of thiophene rings is 1. The summed E-state index contributed by atoms with van der Waals surface area (Å²) in [5.74, 6) is -3.72. The summed E-state index contributed by atoms with van der Waals surface area (Å²) in [6, 6.07) is 4.19. The third-order valence-electron chi connectivity index (χ3n) is 4.02. The fourth-order valence-corrected chi connectivity index (χ4v) is 4.80. The fraction of sp³-hybridized carbons (Fsp3) is 0.278. The van der Waals surface area contributed by atoms with Crippen LogP contribution in [-0.4, -0.2) is 50.2 Å². The van der Waals surface area contributed by atoms with Crippen LogP contribution in [0.25, 0.3) is 0 Å². The Balaban J connectivity index is 2.12. The number of nitrogens with one attached hydrogen (secondary N) is 1. The van der Waals surface area contributed by atoms with Gasteiger partial charge in [0.2, 0.25) is 10.0 Å². The van der Waals surface area contributed by atoms with Crippen molar-refractivity contribution >= 4 is 44.1 Å². The Bertz CT molecular complexity index is 1060. The highest BCUT2D eigenvalue weighted by atomic mass is 32.2. The molecule has 0 aliphatic heterocycles. The zero-order chi connectivity index (χ0) is 22.5. The molecule has 0 bridgehead atoms. The summed E-state index contributed by atoms with van der Waals surface area (Å²) in [7, 11) is -3.92. The molecule has 0 unspecified atom stereocenters. The van der Waals surface area contributed by atoms with Gasteiger partial charge in [0.05, 0.1) is 16.0 Å². The molecule has 30 heavy (non-hydrogen) atoms. The predicted molar refractivity (Wildman–Crippen MR) is 108 cm³/mol. The Kier molecular flexibility index (Phi) is 7.65. The monoisotopic (exact) mass is 457 g/mol. The second-order valence-corrected chi connectivity index (χ2v) is 8.74. The number of nitrogens with zero attached hydrogens (tertiary/aromatic N) is 1. The molecule has 0 spiro atoms. The summed E-state index contributed by atoms with van der Waals surface area (Å²) >= 11 is 1.05. The second kappa shape index (κ2) is 9.78. The topological polar surface area (TPSA) is 136 Å². The van der Waals surface area contributed by atoms with Gasteiger partial charge >= 0.3 is 5.97 Å². The first-order chi connectivity index (χ1) is 14.1. The lowest BCUT2D eigenvalue weighted by molar-refractivity contribution is -0.119. The normalized spacial score (nSPS) is 11.3. The van der Waals surface area contributed by atoms with Crippen molar-refractivity contribution in [3.05, 3.63) is 46.6 Å². The van der Waals surface area contributed by atoms with Gasteiger partial charge in [-0.15, -0.1) is 11.3 Å². The Morgan fingerprint density at radius 2 is 1.83 bits per heavy atom. The molecule has 9 nitrogen and oxygen atoms in total. The number of nitrogens with two attached hydrogens (primary N) is 1. The number of ether oxygens (including phenoxy) is 1. The lowest BCUT2D eigenvalue weighted by atomic mass is 10.2. The van der Waals surface area contributed by atoms with E-state index in [4.69, 9.17) is 10.5 Å². The van der Waals surface area contributed by atoms with E-state index in [-0.39, 0.29) is 28.5 Å². The summed E-state index contributed by atoms with van der Waals surface area (Å²) < 4.78 is 45.2. The molecule has 1 aromatic heterocycles. The Morgan fingerprint density at radius 1 is 1.17 bits per heavy atom. The molecule has 2 amide bonds. The minimum absolute atomic E-state index is 0.0973. The standard InChI is InChI=1S/C18H20FN3O6S2/c1-3-22(4-2)30(26,27)11-5-6-14(19)13(9-11)18(25)28-10-15(23)21-17-12(16(20)24)7-8-29-17/h5-9H,3-4,10H2,1-2H3,(H2,20,24)(H,21,23). The molecule has 0 radical (unpaired) electrons. The molecule has 0 aliphatic rings. The lowest BCUT2D eigenvalue weighted by Crippen LogP contribution is -2.30. The van der Waals surface area contributed by atoms with Crippen molar-refractivity contribution < 1.29 is 31.9 Å². The first-order valence-corrected chi connectivity index (χ1v) is 11.1. The minimum Gasteiger partial charge on any atom is -0.452 e. The van der Waals surface area contributed by atoms with E-state index in [1.807, 2.05) is 0 Å². The highest BCUT2D eigenvalue weighted by Gasteiger charge is 2.25. The van der Waals surface area contributed by atoms with Gasteiger partial charge in [-0.05, 0) is 29.6 Å². The van der Waals surface area contributed by atoms with Gasteiger partial charge in [-0.1, -0.05) is 13.8 Å². The molecule has 0 saturated carbocycles. The molecular formula is C18H20FN3O6S2.